The molecule has 0 saturated carbocycles. The average molecular weight is 431 g/mol. The second-order valence-electron chi connectivity index (χ2n) is 4.99. The SMILES string of the molecule is CCc1c(C)sc(NC(=S)NCCn2cc(Br)cn2)c1C(=O)OC. The predicted molar refractivity (Wildman–Crippen MR) is 104 cm³/mol. The number of nitrogens with zero attached hydrogens (tertiary/aromatic N) is 2. The predicted octanol–water partition coefficient (Wildman–Crippen LogP) is 3.35. The molecule has 9 heteroatoms. The van der Waals surface area contributed by atoms with Gasteiger partial charge in [-0.3, -0.25) is 4.68 Å². The van der Waals surface area contributed by atoms with E-state index < -0.39 is 0 Å². The van der Waals surface area contributed by atoms with Crippen LogP contribution in [0.3, 0.4) is 0 Å². The number of carbonyl (C=O) groups excluding carboxylic acids is 1. The molecule has 2 heterocycles. The van der Waals surface area contributed by atoms with Gasteiger partial charge in [0.2, 0.25) is 0 Å². The van der Waals surface area contributed by atoms with Crippen molar-refractivity contribution in [2.24, 2.45) is 0 Å². The summed E-state index contributed by atoms with van der Waals surface area (Å²) in [5, 5.41) is 11.6. The number of carbonyl (C=O) groups is 1. The number of ether oxygens (including phenoxy) is 1. The highest BCUT2D eigenvalue weighted by molar-refractivity contribution is 9.10. The Morgan fingerprint density at radius 1 is 1.54 bits per heavy atom. The molecule has 0 atom stereocenters. The summed E-state index contributed by atoms with van der Waals surface area (Å²) in [6, 6.07) is 0. The highest BCUT2D eigenvalue weighted by Gasteiger charge is 2.22. The van der Waals surface area contributed by atoms with Crippen LogP contribution in [0.4, 0.5) is 5.00 Å². The molecular weight excluding hydrogens is 412 g/mol. The number of esters is 1. The number of rotatable bonds is 6. The standard InChI is InChI=1S/C15H19BrN4O2S2/c1-4-11-9(2)24-13(12(11)14(21)22-3)19-15(23)17-5-6-20-8-10(16)7-18-20/h7-8H,4-6H2,1-3H3,(H2,17,19,23). The lowest BCUT2D eigenvalue weighted by molar-refractivity contribution is 0.0601. The van der Waals surface area contributed by atoms with Gasteiger partial charge in [-0.2, -0.15) is 5.10 Å². The topological polar surface area (TPSA) is 68.2 Å². The molecule has 0 aliphatic carbocycles. The molecule has 2 N–H and O–H groups in total. The number of nitrogens with one attached hydrogen (secondary N) is 2. The molecule has 6 nitrogen and oxygen atoms in total. The number of methoxy groups -OCH3 is 1. The lowest BCUT2D eigenvalue weighted by Crippen LogP contribution is -2.31. The van der Waals surface area contributed by atoms with Crippen LogP contribution in [0.1, 0.15) is 27.7 Å². The number of aromatic nitrogens is 2. The Hall–Kier alpha value is -1.45. The molecule has 0 aromatic carbocycles. The Kier molecular flexibility index (Phi) is 6.76. The minimum atomic E-state index is -0.345. The summed E-state index contributed by atoms with van der Waals surface area (Å²) < 4.78 is 7.65. The van der Waals surface area contributed by atoms with E-state index in [0.717, 1.165) is 26.3 Å². The second kappa shape index (κ2) is 8.59. The van der Waals surface area contributed by atoms with E-state index in [1.54, 1.807) is 6.20 Å². The molecule has 0 bridgehead atoms. The molecule has 0 aliphatic heterocycles. The van der Waals surface area contributed by atoms with Crippen LogP contribution in [0.2, 0.25) is 0 Å². The number of hydrogen-bond donors (Lipinski definition) is 2. The fraction of sp³-hybridized carbons (Fsp3) is 0.400. The molecule has 0 aliphatic rings. The van der Waals surface area contributed by atoms with Gasteiger partial charge < -0.3 is 15.4 Å². The van der Waals surface area contributed by atoms with Gasteiger partial charge in [-0.15, -0.1) is 11.3 Å². The largest absolute Gasteiger partial charge is 0.465 e. The van der Waals surface area contributed by atoms with Crippen molar-refractivity contribution < 1.29 is 9.53 Å². The van der Waals surface area contributed by atoms with Crippen molar-refractivity contribution >= 4 is 55.6 Å². The van der Waals surface area contributed by atoms with Crippen LogP contribution in [0.5, 0.6) is 0 Å². The first-order valence-electron chi connectivity index (χ1n) is 7.39. The zero-order chi connectivity index (χ0) is 17.7. The first kappa shape index (κ1) is 18.9. The van der Waals surface area contributed by atoms with Gasteiger partial charge in [-0.25, -0.2) is 4.79 Å². The minimum absolute atomic E-state index is 0.345. The Labute approximate surface area is 158 Å². The van der Waals surface area contributed by atoms with Gasteiger partial charge in [0.05, 0.1) is 29.9 Å². The molecule has 0 radical (unpaired) electrons. The lowest BCUT2D eigenvalue weighted by Gasteiger charge is -2.11. The Morgan fingerprint density at radius 2 is 2.29 bits per heavy atom. The summed E-state index contributed by atoms with van der Waals surface area (Å²) in [7, 11) is 1.39. The molecule has 2 aromatic rings. The Bertz CT molecular complexity index is 742. The molecule has 0 spiro atoms. The molecule has 2 aromatic heterocycles. The van der Waals surface area contributed by atoms with E-state index in [0.29, 0.717) is 23.8 Å². The molecule has 0 amide bonds. The number of hydrogen-bond acceptors (Lipinski definition) is 5. The maximum absolute atomic E-state index is 12.1. The smallest absolute Gasteiger partial charge is 0.341 e. The van der Waals surface area contributed by atoms with Crippen molar-refractivity contribution in [3.8, 4) is 0 Å². The van der Waals surface area contributed by atoms with E-state index in [4.69, 9.17) is 17.0 Å². The Morgan fingerprint density at radius 3 is 2.88 bits per heavy atom. The van der Waals surface area contributed by atoms with Gasteiger partial charge in [-0.1, -0.05) is 6.92 Å². The summed E-state index contributed by atoms with van der Waals surface area (Å²) in [5.41, 5.74) is 1.57. The minimum Gasteiger partial charge on any atom is -0.465 e. The number of aryl methyl sites for hydroxylation is 1. The fourth-order valence-electron chi connectivity index (χ4n) is 2.30. The third-order valence-corrected chi connectivity index (χ3v) is 5.13. The van der Waals surface area contributed by atoms with Gasteiger partial charge in [0.25, 0.3) is 0 Å². The van der Waals surface area contributed by atoms with Gasteiger partial charge in [-0.05, 0) is 47.1 Å². The van der Waals surface area contributed by atoms with Crippen molar-refractivity contribution in [1.82, 2.24) is 15.1 Å². The van der Waals surface area contributed by atoms with Crippen LogP contribution in [0.25, 0.3) is 0 Å². The van der Waals surface area contributed by atoms with Gasteiger partial charge >= 0.3 is 5.97 Å². The zero-order valence-corrected chi connectivity index (χ0v) is 16.9. The molecule has 24 heavy (non-hydrogen) atoms. The number of anilines is 1. The quantitative estimate of drug-likeness (QED) is 0.540. The van der Waals surface area contributed by atoms with Gasteiger partial charge in [0, 0.05) is 17.6 Å². The first-order valence-corrected chi connectivity index (χ1v) is 9.41. The Balaban J connectivity index is 1.99. The van der Waals surface area contributed by atoms with Gasteiger partial charge in [0.15, 0.2) is 5.11 Å². The molecule has 130 valence electrons. The highest BCUT2D eigenvalue weighted by atomic mass is 79.9. The normalized spacial score (nSPS) is 10.5. The molecule has 0 saturated heterocycles. The lowest BCUT2D eigenvalue weighted by atomic mass is 10.1. The average Bonchev–Trinajstić information content (AvgIpc) is 3.09. The zero-order valence-electron chi connectivity index (χ0n) is 13.7. The highest BCUT2D eigenvalue weighted by Crippen LogP contribution is 2.33. The van der Waals surface area contributed by atoms with Crippen molar-refractivity contribution in [1.29, 1.82) is 0 Å². The monoisotopic (exact) mass is 430 g/mol. The van der Waals surface area contributed by atoms with E-state index in [2.05, 4.69) is 31.7 Å². The maximum Gasteiger partial charge on any atom is 0.341 e. The van der Waals surface area contributed by atoms with Crippen molar-refractivity contribution in [2.75, 3.05) is 19.0 Å². The third-order valence-electron chi connectivity index (χ3n) is 3.41. The maximum atomic E-state index is 12.1. The molecular formula is C15H19BrN4O2S2. The van der Waals surface area contributed by atoms with Crippen molar-refractivity contribution in [3.63, 3.8) is 0 Å². The number of thiophene rings is 1. The summed E-state index contributed by atoms with van der Waals surface area (Å²) in [4.78, 5) is 13.2. The fourth-order valence-corrected chi connectivity index (χ4v) is 4.04. The van der Waals surface area contributed by atoms with Crippen LogP contribution in [0, 0.1) is 6.92 Å². The van der Waals surface area contributed by atoms with Crippen molar-refractivity contribution in [2.45, 2.75) is 26.8 Å². The summed E-state index contributed by atoms with van der Waals surface area (Å²) in [6.07, 6.45) is 4.40. The van der Waals surface area contributed by atoms with Crippen molar-refractivity contribution in [3.05, 3.63) is 32.9 Å². The van der Waals surface area contributed by atoms with Crippen LogP contribution in [-0.4, -0.2) is 34.5 Å². The molecule has 0 fully saturated rings. The van der Waals surface area contributed by atoms with Crippen LogP contribution >= 0.6 is 39.5 Å². The summed E-state index contributed by atoms with van der Waals surface area (Å²) in [6.45, 7) is 5.32. The number of thiocarbonyl (C=S) groups is 1. The van der Waals surface area contributed by atoms with E-state index in [-0.39, 0.29) is 5.97 Å². The molecule has 2 rings (SSSR count). The van der Waals surface area contributed by atoms with Crippen LogP contribution in [0.15, 0.2) is 16.9 Å². The van der Waals surface area contributed by atoms with E-state index in [1.165, 1.54) is 18.4 Å². The van der Waals surface area contributed by atoms with E-state index in [9.17, 15) is 4.79 Å². The summed E-state index contributed by atoms with van der Waals surface area (Å²) >= 11 is 10.2. The summed E-state index contributed by atoms with van der Waals surface area (Å²) in [5.74, 6) is -0.345. The van der Waals surface area contributed by atoms with Crippen LogP contribution in [-0.2, 0) is 17.7 Å². The second-order valence-corrected chi connectivity index (χ2v) is 7.54. The molecule has 0 unspecified atom stereocenters. The first-order chi connectivity index (χ1) is 11.5. The third kappa shape index (κ3) is 4.55. The van der Waals surface area contributed by atoms with E-state index >= 15 is 0 Å². The van der Waals surface area contributed by atoms with Gasteiger partial charge in [0.1, 0.15) is 5.00 Å². The number of halogens is 1. The van der Waals surface area contributed by atoms with E-state index in [1.807, 2.05) is 24.7 Å². The van der Waals surface area contributed by atoms with Crippen LogP contribution < -0.4 is 10.6 Å².